The number of ether oxygens (including phenoxy) is 1. The van der Waals surface area contributed by atoms with Crippen LogP contribution in [0.4, 0.5) is 10.8 Å². The maximum atomic E-state index is 9.41. The standard InChI is InChI=1S/C9H15N3O2S/c1-14-7-8(10)11-15-9(7)12-4-2-6(13)3-5-12/h6,13H,2-5H2,1H3,(H2,10,11). The molecule has 1 aliphatic heterocycles. The fourth-order valence-electron chi connectivity index (χ4n) is 1.75. The van der Waals surface area contributed by atoms with E-state index in [-0.39, 0.29) is 6.10 Å². The van der Waals surface area contributed by atoms with Gasteiger partial charge in [0.1, 0.15) is 0 Å². The van der Waals surface area contributed by atoms with Crippen molar-refractivity contribution in [2.24, 2.45) is 0 Å². The van der Waals surface area contributed by atoms with Gasteiger partial charge in [0.2, 0.25) is 0 Å². The van der Waals surface area contributed by atoms with Gasteiger partial charge >= 0.3 is 0 Å². The summed E-state index contributed by atoms with van der Waals surface area (Å²) in [4.78, 5) is 2.17. The highest BCUT2D eigenvalue weighted by atomic mass is 32.1. The van der Waals surface area contributed by atoms with E-state index in [2.05, 4.69) is 9.27 Å². The molecule has 1 fully saturated rings. The molecule has 2 heterocycles. The van der Waals surface area contributed by atoms with Gasteiger partial charge in [-0.15, -0.1) is 0 Å². The average molecular weight is 229 g/mol. The van der Waals surface area contributed by atoms with E-state index in [1.165, 1.54) is 11.5 Å². The zero-order valence-electron chi connectivity index (χ0n) is 8.64. The van der Waals surface area contributed by atoms with E-state index >= 15 is 0 Å². The molecule has 5 nitrogen and oxygen atoms in total. The molecule has 1 aromatic heterocycles. The smallest absolute Gasteiger partial charge is 0.197 e. The molecule has 15 heavy (non-hydrogen) atoms. The molecule has 0 atom stereocenters. The zero-order valence-corrected chi connectivity index (χ0v) is 9.46. The van der Waals surface area contributed by atoms with Crippen molar-refractivity contribution in [2.75, 3.05) is 30.8 Å². The third kappa shape index (κ3) is 2.00. The van der Waals surface area contributed by atoms with Gasteiger partial charge in [-0.1, -0.05) is 0 Å². The topological polar surface area (TPSA) is 71.6 Å². The first kappa shape index (κ1) is 10.5. The van der Waals surface area contributed by atoms with E-state index in [0.29, 0.717) is 11.6 Å². The molecule has 0 saturated carbocycles. The number of hydrogen-bond donors (Lipinski definition) is 2. The van der Waals surface area contributed by atoms with Crippen LogP contribution in [0.15, 0.2) is 0 Å². The Balaban J connectivity index is 2.15. The lowest BCUT2D eigenvalue weighted by Crippen LogP contribution is -2.35. The maximum absolute atomic E-state index is 9.41. The minimum absolute atomic E-state index is 0.169. The van der Waals surface area contributed by atoms with Crippen molar-refractivity contribution in [1.29, 1.82) is 0 Å². The van der Waals surface area contributed by atoms with Gasteiger partial charge < -0.3 is 20.5 Å². The van der Waals surface area contributed by atoms with Gasteiger partial charge in [0.05, 0.1) is 13.2 Å². The number of methoxy groups -OCH3 is 1. The van der Waals surface area contributed by atoms with Crippen LogP contribution >= 0.6 is 11.5 Å². The minimum atomic E-state index is -0.169. The average Bonchev–Trinajstić information content (AvgIpc) is 2.61. The van der Waals surface area contributed by atoms with Crippen LogP contribution in [-0.2, 0) is 0 Å². The molecule has 0 aliphatic carbocycles. The van der Waals surface area contributed by atoms with Crippen LogP contribution in [0.3, 0.4) is 0 Å². The van der Waals surface area contributed by atoms with Crippen molar-refractivity contribution >= 4 is 22.4 Å². The summed E-state index contributed by atoms with van der Waals surface area (Å²) >= 11 is 1.35. The normalized spacial score (nSPS) is 18.1. The van der Waals surface area contributed by atoms with E-state index in [1.54, 1.807) is 7.11 Å². The number of nitrogens with two attached hydrogens (primary N) is 1. The zero-order chi connectivity index (χ0) is 10.8. The number of aliphatic hydroxyl groups excluding tert-OH is 1. The van der Waals surface area contributed by atoms with Crippen LogP contribution in [0.25, 0.3) is 0 Å². The highest BCUT2D eigenvalue weighted by Gasteiger charge is 2.23. The fraction of sp³-hybridized carbons (Fsp3) is 0.667. The molecule has 0 aromatic carbocycles. The lowest BCUT2D eigenvalue weighted by atomic mass is 10.1. The first-order valence-electron chi connectivity index (χ1n) is 4.94. The van der Waals surface area contributed by atoms with Gasteiger partial charge in [-0.2, -0.15) is 4.37 Å². The Kier molecular flexibility index (Phi) is 2.97. The number of aliphatic hydroxyl groups is 1. The van der Waals surface area contributed by atoms with Crippen LogP contribution in [-0.4, -0.2) is 35.8 Å². The van der Waals surface area contributed by atoms with Crippen LogP contribution in [0.1, 0.15) is 12.8 Å². The molecule has 0 radical (unpaired) electrons. The first-order chi connectivity index (χ1) is 7.22. The van der Waals surface area contributed by atoms with E-state index < -0.39 is 0 Å². The van der Waals surface area contributed by atoms with E-state index in [1.807, 2.05) is 0 Å². The van der Waals surface area contributed by atoms with Crippen molar-refractivity contribution in [3.8, 4) is 5.75 Å². The van der Waals surface area contributed by atoms with Gasteiger partial charge in [0.25, 0.3) is 0 Å². The van der Waals surface area contributed by atoms with Gasteiger partial charge in [0.15, 0.2) is 16.6 Å². The van der Waals surface area contributed by atoms with E-state index in [4.69, 9.17) is 10.5 Å². The quantitative estimate of drug-likeness (QED) is 0.781. The largest absolute Gasteiger partial charge is 0.490 e. The number of hydrogen-bond acceptors (Lipinski definition) is 6. The Labute approximate surface area is 92.6 Å². The number of piperidine rings is 1. The SMILES string of the molecule is COc1c(N)nsc1N1CCC(O)CC1. The van der Waals surface area contributed by atoms with E-state index in [0.717, 1.165) is 30.9 Å². The van der Waals surface area contributed by atoms with Crippen LogP contribution in [0, 0.1) is 0 Å². The summed E-state index contributed by atoms with van der Waals surface area (Å²) in [6, 6.07) is 0. The van der Waals surface area contributed by atoms with Crippen molar-refractivity contribution in [2.45, 2.75) is 18.9 Å². The molecular weight excluding hydrogens is 214 g/mol. The Morgan fingerprint density at radius 2 is 2.20 bits per heavy atom. The van der Waals surface area contributed by atoms with Gasteiger partial charge in [-0.25, -0.2) is 0 Å². The number of aromatic nitrogens is 1. The van der Waals surface area contributed by atoms with Crippen molar-refractivity contribution in [3.63, 3.8) is 0 Å². The summed E-state index contributed by atoms with van der Waals surface area (Å²) in [5.74, 6) is 1.11. The van der Waals surface area contributed by atoms with Crippen molar-refractivity contribution in [1.82, 2.24) is 4.37 Å². The van der Waals surface area contributed by atoms with Gasteiger partial charge in [-0.05, 0) is 24.4 Å². The number of nitrogens with zero attached hydrogens (tertiary/aromatic N) is 2. The van der Waals surface area contributed by atoms with Crippen LogP contribution < -0.4 is 15.4 Å². The fourth-order valence-corrected chi connectivity index (χ4v) is 2.58. The molecule has 0 amide bonds. The highest BCUT2D eigenvalue weighted by molar-refractivity contribution is 7.11. The second kappa shape index (κ2) is 4.24. The summed E-state index contributed by atoms with van der Waals surface area (Å²) < 4.78 is 9.29. The molecular formula is C9H15N3O2S. The molecule has 1 saturated heterocycles. The summed E-state index contributed by atoms with van der Waals surface area (Å²) in [7, 11) is 1.60. The Morgan fingerprint density at radius 3 is 2.80 bits per heavy atom. The Hall–Kier alpha value is -1.01. The summed E-state index contributed by atoms with van der Waals surface area (Å²) in [5.41, 5.74) is 5.68. The summed E-state index contributed by atoms with van der Waals surface area (Å²) in [6.45, 7) is 1.66. The molecule has 84 valence electrons. The monoisotopic (exact) mass is 229 g/mol. The van der Waals surface area contributed by atoms with Gasteiger partial charge in [-0.3, -0.25) is 0 Å². The molecule has 0 spiro atoms. The molecule has 1 aliphatic rings. The number of rotatable bonds is 2. The predicted molar refractivity (Wildman–Crippen MR) is 60.5 cm³/mol. The van der Waals surface area contributed by atoms with Crippen LogP contribution in [0.5, 0.6) is 5.75 Å². The number of nitrogen functional groups attached to an aromatic ring is 1. The molecule has 3 N–H and O–H groups in total. The molecule has 6 heteroatoms. The Bertz CT molecular complexity index is 334. The lowest BCUT2D eigenvalue weighted by Gasteiger charge is -2.30. The van der Waals surface area contributed by atoms with E-state index in [9.17, 15) is 5.11 Å². The summed E-state index contributed by atoms with van der Waals surface area (Å²) in [5, 5.41) is 10.4. The third-order valence-corrected chi connectivity index (χ3v) is 3.52. The molecule has 1 aromatic rings. The molecule has 0 unspecified atom stereocenters. The summed E-state index contributed by atoms with van der Waals surface area (Å²) in [6.07, 6.45) is 1.42. The Morgan fingerprint density at radius 1 is 1.53 bits per heavy atom. The predicted octanol–water partition coefficient (Wildman–Crippen LogP) is 0.695. The second-order valence-corrected chi connectivity index (χ2v) is 4.38. The highest BCUT2D eigenvalue weighted by Crippen LogP contribution is 2.38. The third-order valence-electron chi connectivity index (χ3n) is 2.61. The second-order valence-electron chi connectivity index (χ2n) is 3.62. The van der Waals surface area contributed by atoms with Crippen LogP contribution in [0.2, 0.25) is 0 Å². The number of anilines is 2. The van der Waals surface area contributed by atoms with Gasteiger partial charge in [0, 0.05) is 13.1 Å². The first-order valence-corrected chi connectivity index (χ1v) is 5.72. The molecule has 0 bridgehead atoms. The van der Waals surface area contributed by atoms with Crippen molar-refractivity contribution < 1.29 is 9.84 Å². The minimum Gasteiger partial charge on any atom is -0.490 e. The lowest BCUT2D eigenvalue weighted by molar-refractivity contribution is 0.145. The van der Waals surface area contributed by atoms with Crippen molar-refractivity contribution in [3.05, 3.63) is 0 Å². The maximum Gasteiger partial charge on any atom is 0.197 e. The molecule has 2 rings (SSSR count).